The molecule has 0 spiro atoms. The maximum absolute atomic E-state index is 13.3. The first-order chi connectivity index (χ1) is 10.3. The molecule has 3 heteroatoms. The Labute approximate surface area is 123 Å². The van der Waals surface area contributed by atoms with Gasteiger partial charge in [-0.15, -0.1) is 0 Å². The lowest BCUT2D eigenvalue weighted by molar-refractivity contribution is 0.195. The van der Waals surface area contributed by atoms with Crippen molar-refractivity contribution < 1.29 is 13.5 Å². The van der Waals surface area contributed by atoms with E-state index in [-0.39, 0.29) is 11.6 Å². The molecule has 0 heterocycles. The van der Waals surface area contributed by atoms with Crippen LogP contribution in [0.5, 0.6) is 0 Å². The molecule has 2 rings (SSSR count). The summed E-state index contributed by atoms with van der Waals surface area (Å²) in [6, 6.07) is 13.1. The summed E-state index contributed by atoms with van der Waals surface area (Å²) < 4.78 is 32.0. The van der Waals surface area contributed by atoms with Gasteiger partial charge in [-0.2, -0.15) is 0 Å². The van der Waals surface area contributed by atoms with Crippen molar-refractivity contribution in [2.24, 2.45) is 0 Å². The maximum Gasteiger partial charge on any atom is 0.130 e. The van der Waals surface area contributed by atoms with Crippen molar-refractivity contribution in [3.63, 3.8) is 0 Å². The average molecular weight is 286 g/mol. The molecule has 108 valence electrons. The lowest BCUT2D eigenvalue weighted by Gasteiger charge is -1.98. The molecule has 0 radical (unpaired) electrons. The third kappa shape index (κ3) is 4.97. The number of halogens is 2. The van der Waals surface area contributed by atoms with Crippen LogP contribution in [0.15, 0.2) is 60.7 Å². The molecule has 1 nitrogen and oxygen atoms in total. The second-order valence-electron chi connectivity index (χ2n) is 4.39. The van der Waals surface area contributed by atoms with E-state index in [1.807, 2.05) is 0 Å². The van der Waals surface area contributed by atoms with Crippen LogP contribution in [0.25, 0.3) is 12.2 Å². The van der Waals surface area contributed by atoms with Crippen molar-refractivity contribution in [3.8, 4) is 0 Å². The molecule has 0 aromatic heterocycles. The smallest absolute Gasteiger partial charge is 0.130 e. The van der Waals surface area contributed by atoms with Gasteiger partial charge in [-0.3, -0.25) is 0 Å². The molecule has 0 atom stereocenters. The van der Waals surface area contributed by atoms with Gasteiger partial charge < -0.3 is 4.74 Å². The van der Waals surface area contributed by atoms with Gasteiger partial charge in [0.2, 0.25) is 0 Å². The third-order valence-corrected chi connectivity index (χ3v) is 2.83. The average Bonchev–Trinajstić information content (AvgIpc) is 2.50. The molecule has 0 saturated carbocycles. The van der Waals surface area contributed by atoms with Crippen LogP contribution in [0.1, 0.15) is 11.1 Å². The van der Waals surface area contributed by atoms with E-state index in [0.717, 1.165) is 0 Å². The number of ether oxygens (including phenoxy) is 1. The minimum Gasteiger partial charge on any atom is -0.373 e. The van der Waals surface area contributed by atoms with Crippen molar-refractivity contribution in [2.45, 2.75) is 0 Å². The van der Waals surface area contributed by atoms with Gasteiger partial charge in [-0.05, 0) is 12.1 Å². The normalized spacial score (nSPS) is 11.5. The summed E-state index contributed by atoms with van der Waals surface area (Å²) in [6.07, 6.45) is 6.84. The summed E-state index contributed by atoms with van der Waals surface area (Å²) >= 11 is 0. The fourth-order valence-electron chi connectivity index (χ4n) is 1.77. The van der Waals surface area contributed by atoms with E-state index in [1.165, 1.54) is 12.1 Å². The number of rotatable bonds is 6. The second kappa shape index (κ2) is 8.12. The highest BCUT2D eigenvalue weighted by Gasteiger charge is 1.95. The van der Waals surface area contributed by atoms with E-state index in [2.05, 4.69) is 0 Å². The number of benzene rings is 2. The van der Waals surface area contributed by atoms with Crippen LogP contribution in [0.3, 0.4) is 0 Å². The Morgan fingerprint density at radius 3 is 1.57 bits per heavy atom. The second-order valence-corrected chi connectivity index (χ2v) is 4.39. The molecule has 0 aliphatic heterocycles. The van der Waals surface area contributed by atoms with Crippen LogP contribution >= 0.6 is 0 Å². The lowest BCUT2D eigenvalue weighted by atomic mass is 10.2. The Bertz CT molecular complexity index is 577. The predicted octanol–water partition coefficient (Wildman–Crippen LogP) is 4.71. The van der Waals surface area contributed by atoms with E-state index in [4.69, 9.17) is 4.74 Å². The summed E-state index contributed by atoms with van der Waals surface area (Å²) in [6.45, 7) is 0.742. The van der Waals surface area contributed by atoms with Gasteiger partial charge in [-0.1, -0.05) is 60.7 Å². The fraction of sp³-hybridized carbons (Fsp3) is 0.111. The van der Waals surface area contributed by atoms with E-state index < -0.39 is 0 Å². The van der Waals surface area contributed by atoms with E-state index in [1.54, 1.807) is 60.7 Å². The Morgan fingerprint density at radius 1 is 0.714 bits per heavy atom. The monoisotopic (exact) mass is 286 g/mol. The van der Waals surface area contributed by atoms with Crippen molar-refractivity contribution in [1.29, 1.82) is 0 Å². The van der Waals surface area contributed by atoms with E-state index >= 15 is 0 Å². The van der Waals surface area contributed by atoms with Crippen molar-refractivity contribution in [2.75, 3.05) is 13.2 Å². The number of hydrogen-bond acceptors (Lipinski definition) is 1. The Kier molecular flexibility index (Phi) is 5.85. The van der Waals surface area contributed by atoms with Gasteiger partial charge in [-0.25, -0.2) is 8.78 Å². The lowest BCUT2D eigenvalue weighted by Crippen LogP contribution is -1.91. The Hall–Kier alpha value is -2.26. The summed E-state index contributed by atoms with van der Waals surface area (Å²) in [7, 11) is 0. The zero-order valence-corrected chi connectivity index (χ0v) is 11.5. The summed E-state index contributed by atoms with van der Waals surface area (Å²) in [5.41, 5.74) is 1.06. The van der Waals surface area contributed by atoms with Gasteiger partial charge >= 0.3 is 0 Å². The molecule has 0 fully saturated rings. The van der Waals surface area contributed by atoms with Gasteiger partial charge in [0.05, 0.1) is 13.2 Å². The van der Waals surface area contributed by atoms with Gasteiger partial charge in [0.1, 0.15) is 11.6 Å². The van der Waals surface area contributed by atoms with Crippen molar-refractivity contribution in [3.05, 3.63) is 83.4 Å². The molecule has 0 aliphatic carbocycles. The first kappa shape index (κ1) is 15.1. The van der Waals surface area contributed by atoms with Crippen LogP contribution in [0.2, 0.25) is 0 Å². The summed E-state index contributed by atoms with van der Waals surface area (Å²) in [5, 5.41) is 0. The van der Waals surface area contributed by atoms with Gasteiger partial charge in [0.15, 0.2) is 0 Å². The number of hydrogen-bond donors (Lipinski definition) is 0. The molecule has 2 aromatic rings. The van der Waals surface area contributed by atoms with Crippen LogP contribution < -0.4 is 0 Å². The van der Waals surface area contributed by atoms with Crippen LogP contribution in [-0.2, 0) is 4.74 Å². The fourth-order valence-corrected chi connectivity index (χ4v) is 1.77. The van der Waals surface area contributed by atoms with Gasteiger partial charge in [0.25, 0.3) is 0 Å². The highest BCUT2D eigenvalue weighted by atomic mass is 19.1. The first-order valence-corrected chi connectivity index (χ1v) is 6.67. The quantitative estimate of drug-likeness (QED) is 0.699. The zero-order chi connectivity index (χ0) is 14.9. The topological polar surface area (TPSA) is 9.23 Å². The van der Waals surface area contributed by atoms with Crippen molar-refractivity contribution >= 4 is 12.2 Å². The molecule has 21 heavy (non-hydrogen) atoms. The molecule has 0 bridgehead atoms. The highest BCUT2D eigenvalue weighted by Crippen LogP contribution is 2.09. The molecule has 0 unspecified atom stereocenters. The largest absolute Gasteiger partial charge is 0.373 e. The van der Waals surface area contributed by atoms with E-state index in [0.29, 0.717) is 24.3 Å². The Balaban J connectivity index is 1.73. The van der Waals surface area contributed by atoms with E-state index in [9.17, 15) is 8.78 Å². The molecular weight excluding hydrogens is 270 g/mol. The molecule has 0 amide bonds. The van der Waals surface area contributed by atoms with Crippen molar-refractivity contribution in [1.82, 2.24) is 0 Å². The zero-order valence-electron chi connectivity index (χ0n) is 11.5. The summed E-state index contributed by atoms with van der Waals surface area (Å²) in [5.74, 6) is -0.513. The molecule has 2 aromatic carbocycles. The van der Waals surface area contributed by atoms with Crippen LogP contribution in [0, 0.1) is 11.6 Å². The van der Waals surface area contributed by atoms with Gasteiger partial charge in [0, 0.05) is 11.1 Å². The molecule has 0 aliphatic rings. The molecule has 0 saturated heterocycles. The minimum atomic E-state index is -0.256. The highest BCUT2D eigenvalue weighted by molar-refractivity contribution is 5.50. The predicted molar refractivity (Wildman–Crippen MR) is 81.7 cm³/mol. The Morgan fingerprint density at radius 2 is 1.14 bits per heavy atom. The first-order valence-electron chi connectivity index (χ1n) is 6.67. The summed E-state index contributed by atoms with van der Waals surface area (Å²) in [4.78, 5) is 0. The molecule has 0 N–H and O–H groups in total. The SMILES string of the molecule is Fc1ccccc1C=CCOCC=Cc1ccccc1F. The van der Waals surface area contributed by atoms with Crippen LogP contribution in [0.4, 0.5) is 8.78 Å². The molecular formula is C18H16F2O. The third-order valence-electron chi connectivity index (χ3n) is 2.83. The maximum atomic E-state index is 13.3. The standard InChI is InChI=1S/C18H16F2O/c19-17-11-3-1-7-15(17)9-5-13-21-14-6-10-16-8-2-4-12-18(16)20/h1-12H,13-14H2. The minimum absolute atomic E-state index is 0.256. The van der Waals surface area contributed by atoms with Crippen LogP contribution in [-0.4, -0.2) is 13.2 Å².